The molecule has 2 aromatic rings. The van der Waals surface area contributed by atoms with Gasteiger partial charge < -0.3 is 14.2 Å². The highest BCUT2D eigenvalue weighted by Gasteiger charge is 2.27. The first-order valence-corrected chi connectivity index (χ1v) is 8.63. The Morgan fingerprint density at radius 3 is 2.67 bits per heavy atom. The van der Waals surface area contributed by atoms with E-state index < -0.39 is 11.0 Å². The Bertz CT molecular complexity index is 922. The van der Waals surface area contributed by atoms with Crippen LogP contribution in [0.3, 0.4) is 0 Å². The van der Waals surface area contributed by atoms with Crippen molar-refractivity contribution in [2.45, 2.75) is 32.7 Å². The van der Waals surface area contributed by atoms with Crippen molar-refractivity contribution in [2.24, 2.45) is 0 Å². The van der Waals surface area contributed by atoms with Gasteiger partial charge in [0.15, 0.2) is 0 Å². The Hall–Kier alpha value is -3.23. The van der Waals surface area contributed by atoms with Crippen LogP contribution in [-0.2, 0) is 0 Å². The molecule has 0 radical (unpaired) electrons. The molecular formula is C18H20N4O5. The lowest BCUT2D eigenvalue weighted by atomic mass is 10.1. The van der Waals surface area contributed by atoms with E-state index in [0.29, 0.717) is 18.8 Å². The average molecular weight is 372 g/mol. The smallest absolute Gasteiger partial charge is 0.410 e. The van der Waals surface area contributed by atoms with Gasteiger partial charge in [-0.25, -0.2) is 4.79 Å². The van der Waals surface area contributed by atoms with E-state index in [1.807, 2.05) is 6.92 Å². The lowest BCUT2D eigenvalue weighted by molar-refractivity contribution is -0.384. The summed E-state index contributed by atoms with van der Waals surface area (Å²) in [5.41, 5.74) is 0.949. The summed E-state index contributed by atoms with van der Waals surface area (Å²) in [5, 5.41) is 10.7. The Labute approximate surface area is 155 Å². The summed E-state index contributed by atoms with van der Waals surface area (Å²) in [4.78, 5) is 40.7. The van der Waals surface area contributed by atoms with Crippen LogP contribution < -0.4 is 10.3 Å². The Balaban J connectivity index is 1.71. The lowest BCUT2D eigenvalue weighted by Crippen LogP contribution is -2.44. The van der Waals surface area contributed by atoms with Gasteiger partial charge in [0.2, 0.25) is 0 Å². The number of hydrogen-bond acceptors (Lipinski definition) is 6. The van der Waals surface area contributed by atoms with E-state index in [-0.39, 0.29) is 23.0 Å². The molecule has 1 fully saturated rings. The van der Waals surface area contributed by atoms with Crippen LogP contribution in [0.1, 0.15) is 30.3 Å². The molecule has 1 aromatic heterocycles. The van der Waals surface area contributed by atoms with E-state index >= 15 is 0 Å². The van der Waals surface area contributed by atoms with E-state index in [1.165, 1.54) is 24.3 Å². The highest BCUT2D eigenvalue weighted by atomic mass is 16.6. The third kappa shape index (κ3) is 4.13. The van der Waals surface area contributed by atoms with Crippen molar-refractivity contribution in [1.82, 2.24) is 14.5 Å². The number of hydrogen-bond donors (Lipinski definition) is 0. The number of nitro benzene ring substituents is 1. The number of benzene rings is 1. The molecule has 2 heterocycles. The summed E-state index contributed by atoms with van der Waals surface area (Å²) in [6.07, 6.45) is 2.70. The van der Waals surface area contributed by atoms with Gasteiger partial charge in [-0.2, -0.15) is 0 Å². The second-order valence-corrected chi connectivity index (χ2v) is 6.54. The second kappa shape index (κ2) is 7.56. The van der Waals surface area contributed by atoms with E-state index in [0.717, 1.165) is 18.5 Å². The molecule has 1 aromatic carbocycles. The zero-order valence-electron chi connectivity index (χ0n) is 15.1. The molecule has 1 aliphatic rings. The number of carbonyl (C=O) groups is 1. The van der Waals surface area contributed by atoms with Crippen LogP contribution >= 0.6 is 0 Å². The molecule has 0 aliphatic carbocycles. The third-order valence-electron chi connectivity index (χ3n) is 4.51. The number of piperidine rings is 1. The third-order valence-corrected chi connectivity index (χ3v) is 4.51. The van der Waals surface area contributed by atoms with Gasteiger partial charge in [-0.1, -0.05) is 0 Å². The molecule has 1 aliphatic heterocycles. The van der Waals surface area contributed by atoms with Gasteiger partial charge in [0, 0.05) is 31.4 Å². The minimum atomic E-state index is -0.538. The van der Waals surface area contributed by atoms with Gasteiger partial charge in [0.05, 0.1) is 16.7 Å². The molecule has 0 N–H and O–H groups in total. The fraction of sp³-hybridized carbons (Fsp3) is 0.389. The van der Waals surface area contributed by atoms with Gasteiger partial charge in [-0.3, -0.25) is 19.9 Å². The highest BCUT2D eigenvalue weighted by molar-refractivity contribution is 5.71. The van der Waals surface area contributed by atoms with Gasteiger partial charge >= 0.3 is 6.09 Å². The molecule has 1 amide bonds. The topological polar surface area (TPSA) is 108 Å². The van der Waals surface area contributed by atoms with Crippen LogP contribution in [0.2, 0.25) is 0 Å². The molecule has 1 unspecified atom stereocenters. The SMILES string of the molecule is Cc1cn(C2CCCN(C(=O)Oc3ccc([N+](=O)[O-])cc3)C2)c(=O)c(C)n1. The second-order valence-electron chi connectivity index (χ2n) is 6.54. The predicted octanol–water partition coefficient (Wildman–Crippen LogP) is 2.60. The number of nitro groups is 1. The molecule has 9 nitrogen and oxygen atoms in total. The maximum atomic E-state index is 12.5. The summed E-state index contributed by atoms with van der Waals surface area (Å²) < 4.78 is 6.96. The van der Waals surface area contributed by atoms with Crippen molar-refractivity contribution in [1.29, 1.82) is 0 Å². The van der Waals surface area contributed by atoms with E-state index in [2.05, 4.69) is 4.98 Å². The molecule has 1 saturated heterocycles. The van der Waals surface area contributed by atoms with Crippen LogP contribution in [-0.4, -0.2) is 38.6 Å². The summed E-state index contributed by atoms with van der Waals surface area (Å²) in [6, 6.07) is 5.19. The number of nitrogens with zero attached hydrogens (tertiary/aromatic N) is 4. The maximum Gasteiger partial charge on any atom is 0.415 e. The Morgan fingerprint density at radius 2 is 2.00 bits per heavy atom. The van der Waals surface area contributed by atoms with Crippen molar-refractivity contribution < 1.29 is 14.5 Å². The number of amides is 1. The average Bonchev–Trinajstić information content (AvgIpc) is 2.65. The maximum absolute atomic E-state index is 12.5. The molecular weight excluding hydrogens is 352 g/mol. The van der Waals surface area contributed by atoms with Crippen LogP contribution in [0.5, 0.6) is 5.75 Å². The molecule has 9 heteroatoms. The van der Waals surface area contributed by atoms with Crippen molar-refractivity contribution in [2.75, 3.05) is 13.1 Å². The fourth-order valence-electron chi connectivity index (χ4n) is 3.21. The monoisotopic (exact) mass is 372 g/mol. The lowest BCUT2D eigenvalue weighted by Gasteiger charge is -2.33. The summed E-state index contributed by atoms with van der Waals surface area (Å²) in [6.45, 7) is 4.39. The first-order valence-electron chi connectivity index (χ1n) is 8.63. The molecule has 0 saturated carbocycles. The van der Waals surface area contributed by atoms with Crippen molar-refractivity contribution in [3.8, 4) is 5.75 Å². The normalized spacial score (nSPS) is 16.8. The predicted molar refractivity (Wildman–Crippen MR) is 96.9 cm³/mol. The molecule has 142 valence electrons. The van der Waals surface area contributed by atoms with Gasteiger partial charge in [-0.05, 0) is 38.8 Å². The van der Waals surface area contributed by atoms with Crippen LogP contribution in [0, 0.1) is 24.0 Å². The van der Waals surface area contributed by atoms with Crippen LogP contribution in [0.4, 0.5) is 10.5 Å². The van der Waals surface area contributed by atoms with Gasteiger partial charge in [-0.15, -0.1) is 0 Å². The van der Waals surface area contributed by atoms with Gasteiger partial charge in [0.25, 0.3) is 11.2 Å². The molecule has 3 rings (SSSR count). The number of carbonyl (C=O) groups excluding carboxylic acids is 1. The quantitative estimate of drug-likeness (QED) is 0.605. The molecule has 27 heavy (non-hydrogen) atoms. The van der Waals surface area contributed by atoms with Gasteiger partial charge in [0.1, 0.15) is 11.4 Å². The highest BCUT2D eigenvalue weighted by Crippen LogP contribution is 2.23. The Morgan fingerprint density at radius 1 is 1.30 bits per heavy atom. The summed E-state index contributed by atoms with van der Waals surface area (Å²) in [5.74, 6) is 0.237. The first kappa shape index (κ1) is 18.6. The minimum Gasteiger partial charge on any atom is -0.410 e. The molecule has 0 spiro atoms. The number of likely N-dealkylation sites (tertiary alicyclic amines) is 1. The number of rotatable bonds is 3. The number of non-ortho nitro benzene ring substituents is 1. The molecule has 1 atom stereocenters. The number of ether oxygens (including phenoxy) is 1. The fourth-order valence-corrected chi connectivity index (χ4v) is 3.21. The van der Waals surface area contributed by atoms with E-state index in [1.54, 1.807) is 22.6 Å². The first-order chi connectivity index (χ1) is 12.8. The Kier molecular flexibility index (Phi) is 5.20. The summed E-state index contributed by atoms with van der Waals surface area (Å²) >= 11 is 0. The zero-order valence-corrected chi connectivity index (χ0v) is 15.1. The minimum absolute atomic E-state index is 0.0735. The zero-order chi connectivity index (χ0) is 19.6. The van der Waals surface area contributed by atoms with E-state index in [9.17, 15) is 19.7 Å². The van der Waals surface area contributed by atoms with Crippen molar-refractivity contribution in [3.63, 3.8) is 0 Å². The van der Waals surface area contributed by atoms with Crippen molar-refractivity contribution >= 4 is 11.8 Å². The number of aryl methyl sites for hydroxylation is 2. The summed E-state index contributed by atoms with van der Waals surface area (Å²) in [7, 11) is 0. The van der Waals surface area contributed by atoms with Crippen molar-refractivity contribution in [3.05, 3.63) is 62.3 Å². The van der Waals surface area contributed by atoms with Crippen LogP contribution in [0.25, 0.3) is 0 Å². The van der Waals surface area contributed by atoms with Crippen LogP contribution in [0.15, 0.2) is 35.3 Å². The largest absolute Gasteiger partial charge is 0.415 e. The van der Waals surface area contributed by atoms with E-state index in [4.69, 9.17) is 4.74 Å². The standard InChI is InChI=1S/C18H20N4O5/c1-12-10-21(17(23)13(2)19-12)15-4-3-9-20(11-15)18(24)27-16-7-5-14(6-8-16)22(25)26/h5-8,10,15H,3-4,9,11H2,1-2H3. The number of aromatic nitrogens is 2. The molecule has 0 bridgehead atoms.